The number of nitriles is 1. The molecule has 2 heterocycles. The Morgan fingerprint density at radius 1 is 1.50 bits per heavy atom. The Bertz CT molecular complexity index is 560. The van der Waals surface area contributed by atoms with Crippen LogP contribution in [0.1, 0.15) is 44.9 Å². The molecule has 0 radical (unpaired) electrons. The molecule has 22 heavy (non-hydrogen) atoms. The van der Waals surface area contributed by atoms with E-state index in [2.05, 4.69) is 16.4 Å². The molecule has 0 atom stereocenters. The van der Waals surface area contributed by atoms with Crippen LogP contribution in [-0.4, -0.2) is 36.4 Å². The third kappa shape index (κ3) is 4.01. The van der Waals surface area contributed by atoms with Gasteiger partial charge >= 0.3 is 6.09 Å². The zero-order valence-corrected chi connectivity index (χ0v) is 13.4. The van der Waals surface area contributed by atoms with Gasteiger partial charge in [-0.05, 0) is 45.2 Å². The summed E-state index contributed by atoms with van der Waals surface area (Å²) in [6.45, 7) is 7.26. The lowest BCUT2D eigenvalue weighted by Gasteiger charge is -2.37. The Morgan fingerprint density at radius 2 is 2.18 bits per heavy atom. The molecule has 0 spiro atoms. The smallest absolute Gasteiger partial charge is 0.407 e. The second-order valence-corrected chi connectivity index (χ2v) is 6.66. The summed E-state index contributed by atoms with van der Waals surface area (Å²) in [7, 11) is 0. The van der Waals surface area contributed by atoms with Gasteiger partial charge in [-0.15, -0.1) is 0 Å². The first-order valence-corrected chi connectivity index (χ1v) is 7.48. The molecule has 1 aliphatic rings. The molecule has 0 unspecified atom stereocenters. The number of aromatic amines is 1. The maximum atomic E-state index is 11.9. The first-order chi connectivity index (χ1) is 10.3. The van der Waals surface area contributed by atoms with E-state index >= 15 is 0 Å². The third-order valence-electron chi connectivity index (χ3n) is 3.84. The number of nitrogens with zero attached hydrogens (tertiary/aromatic N) is 1. The molecule has 1 aromatic heterocycles. The standard InChI is InChI=1S/C16H23N3O3/c1-15(2,3)22-14(20)19-11-16(4-6-21-7-5-16)12-8-13(9-17)18-10-12/h8,10,18H,4-7,11H2,1-3H3,(H,19,20). The Morgan fingerprint density at radius 3 is 2.73 bits per heavy atom. The van der Waals surface area contributed by atoms with E-state index in [1.165, 1.54) is 0 Å². The lowest BCUT2D eigenvalue weighted by molar-refractivity contribution is 0.0373. The minimum Gasteiger partial charge on any atom is -0.444 e. The van der Waals surface area contributed by atoms with Crippen molar-refractivity contribution in [3.05, 3.63) is 23.5 Å². The Kier molecular flexibility index (Phi) is 4.77. The van der Waals surface area contributed by atoms with Crippen LogP contribution in [0.3, 0.4) is 0 Å². The van der Waals surface area contributed by atoms with Crippen LogP contribution in [0.15, 0.2) is 12.3 Å². The van der Waals surface area contributed by atoms with E-state index in [4.69, 9.17) is 14.7 Å². The van der Waals surface area contributed by atoms with Gasteiger partial charge in [-0.3, -0.25) is 0 Å². The molecule has 0 aliphatic carbocycles. The molecule has 0 bridgehead atoms. The highest BCUT2D eigenvalue weighted by Gasteiger charge is 2.36. The topological polar surface area (TPSA) is 87.1 Å². The molecule has 2 N–H and O–H groups in total. The number of hydrogen-bond donors (Lipinski definition) is 2. The highest BCUT2D eigenvalue weighted by Crippen LogP contribution is 2.34. The number of hydrogen-bond acceptors (Lipinski definition) is 4. The van der Waals surface area contributed by atoms with Crippen LogP contribution in [0, 0.1) is 11.3 Å². The number of carbonyl (C=O) groups excluding carboxylic acids is 1. The van der Waals surface area contributed by atoms with Gasteiger partial charge in [-0.25, -0.2) is 4.79 Å². The van der Waals surface area contributed by atoms with E-state index in [1.807, 2.05) is 33.0 Å². The minimum atomic E-state index is -0.519. The average Bonchev–Trinajstić information content (AvgIpc) is 2.94. The summed E-state index contributed by atoms with van der Waals surface area (Å²) in [6, 6.07) is 3.95. The van der Waals surface area contributed by atoms with Crippen molar-refractivity contribution < 1.29 is 14.3 Å². The number of rotatable bonds is 3. The Balaban J connectivity index is 2.09. The van der Waals surface area contributed by atoms with Gasteiger partial charge in [0.25, 0.3) is 0 Å². The Hall–Kier alpha value is -2.00. The van der Waals surface area contributed by atoms with Gasteiger partial charge in [-0.2, -0.15) is 5.26 Å². The third-order valence-corrected chi connectivity index (χ3v) is 3.84. The van der Waals surface area contributed by atoms with E-state index < -0.39 is 11.7 Å². The second-order valence-electron chi connectivity index (χ2n) is 6.66. The monoisotopic (exact) mass is 305 g/mol. The minimum absolute atomic E-state index is 0.221. The van der Waals surface area contributed by atoms with Crippen LogP contribution in [0.5, 0.6) is 0 Å². The Labute approximate surface area is 130 Å². The fraction of sp³-hybridized carbons (Fsp3) is 0.625. The van der Waals surface area contributed by atoms with Gasteiger partial charge in [-0.1, -0.05) is 0 Å². The normalized spacial score (nSPS) is 17.5. The molecule has 0 aromatic carbocycles. The molecule has 1 amide bonds. The molecule has 1 saturated heterocycles. The van der Waals surface area contributed by atoms with Crippen molar-refractivity contribution in [3.63, 3.8) is 0 Å². The van der Waals surface area contributed by atoms with Crippen molar-refractivity contribution in [1.82, 2.24) is 10.3 Å². The number of carbonyl (C=O) groups is 1. The van der Waals surface area contributed by atoms with Gasteiger partial charge < -0.3 is 19.8 Å². The van der Waals surface area contributed by atoms with E-state index in [0.717, 1.165) is 18.4 Å². The predicted molar refractivity (Wildman–Crippen MR) is 81.5 cm³/mol. The van der Waals surface area contributed by atoms with Crippen molar-refractivity contribution in [3.8, 4) is 6.07 Å². The van der Waals surface area contributed by atoms with Gasteiger partial charge in [0.1, 0.15) is 17.4 Å². The molecular formula is C16H23N3O3. The van der Waals surface area contributed by atoms with E-state index in [0.29, 0.717) is 25.5 Å². The molecule has 0 saturated carbocycles. The quantitative estimate of drug-likeness (QED) is 0.898. The summed E-state index contributed by atoms with van der Waals surface area (Å²) in [6.07, 6.45) is 3.02. The summed E-state index contributed by atoms with van der Waals surface area (Å²) in [5, 5.41) is 11.8. The zero-order chi connectivity index (χ0) is 16.2. The number of nitrogens with one attached hydrogen (secondary N) is 2. The first-order valence-electron chi connectivity index (χ1n) is 7.48. The molecule has 6 heteroatoms. The van der Waals surface area contributed by atoms with Gasteiger partial charge in [0, 0.05) is 31.4 Å². The van der Waals surface area contributed by atoms with E-state index in [9.17, 15) is 4.79 Å². The average molecular weight is 305 g/mol. The number of amides is 1. The fourth-order valence-electron chi connectivity index (χ4n) is 2.65. The van der Waals surface area contributed by atoms with Crippen molar-refractivity contribution in [2.45, 2.75) is 44.6 Å². The largest absolute Gasteiger partial charge is 0.444 e. The van der Waals surface area contributed by atoms with Crippen LogP contribution < -0.4 is 5.32 Å². The summed E-state index contributed by atoms with van der Waals surface area (Å²) >= 11 is 0. The lowest BCUT2D eigenvalue weighted by atomic mass is 9.75. The molecule has 2 rings (SSSR count). The SMILES string of the molecule is CC(C)(C)OC(=O)NCC1(c2c[nH]c(C#N)c2)CCOCC1. The second kappa shape index (κ2) is 6.41. The lowest BCUT2D eigenvalue weighted by Crippen LogP contribution is -2.45. The van der Waals surface area contributed by atoms with Gasteiger partial charge in [0.15, 0.2) is 0 Å². The summed E-state index contributed by atoms with van der Waals surface area (Å²) in [5.74, 6) is 0. The van der Waals surface area contributed by atoms with Crippen LogP contribution in [-0.2, 0) is 14.9 Å². The molecule has 1 fully saturated rings. The molecular weight excluding hydrogens is 282 g/mol. The van der Waals surface area contributed by atoms with Crippen molar-refractivity contribution in [1.29, 1.82) is 5.26 Å². The first kappa shape index (κ1) is 16.4. The number of H-pyrrole nitrogens is 1. The van der Waals surface area contributed by atoms with Crippen LogP contribution in [0.25, 0.3) is 0 Å². The molecule has 1 aliphatic heterocycles. The van der Waals surface area contributed by atoms with Gasteiger partial charge in [0.05, 0.1) is 0 Å². The van der Waals surface area contributed by atoms with Gasteiger partial charge in [0.2, 0.25) is 0 Å². The summed E-state index contributed by atoms with van der Waals surface area (Å²) < 4.78 is 10.7. The maximum Gasteiger partial charge on any atom is 0.407 e. The van der Waals surface area contributed by atoms with Crippen LogP contribution in [0.2, 0.25) is 0 Å². The maximum absolute atomic E-state index is 11.9. The van der Waals surface area contributed by atoms with E-state index in [-0.39, 0.29) is 5.41 Å². The molecule has 1 aromatic rings. The van der Waals surface area contributed by atoms with Crippen LogP contribution >= 0.6 is 0 Å². The van der Waals surface area contributed by atoms with Crippen molar-refractivity contribution >= 4 is 6.09 Å². The van der Waals surface area contributed by atoms with E-state index in [1.54, 1.807) is 0 Å². The predicted octanol–water partition coefficient (Wildman–Crippen LogP) is 2.46. The van der Waals surface area contributed by atoms with Crippen LogP contribution in [0.4, 0.5) is 4.79 Å². The number of aromatic nitrogens is 1. The fourth-order valence-corrected chi connectivity index (χ4v) is 2.65. The number of ether oxygens (including phenoxy) is 2. The summed E-state index contributed by atoms with van der Waals surface area (Å²) in [4.78, 5) is 14.9. The number of alkyl carbamates (subject to hydrolysis) is 1. The molecule has 120 valence electrons. The van der Waals surface area contributed by atoms with Crippen molar-refractivity contribution in [2.75, 3.05) is 19.8 Å². The zero-order valence-electron chi connectivity index (χ0n) is 13.4. The highest BCUT2D eigenvalue weighted by atomic mass is 16.6. The summed E-state index contributed by atoms with van der Waals surface area (Å²) in [5.41, 5.74) is 0.817. The molecule has 6 nitrogen and oxygen atoms in total. The van der Waals surface area contributed by atoms with Crippen molar-refractivity contribution in [2.24, 2.45) is 0 Å². The highest BCUT2D eigenvalue weighted by molar-refractivity contribution is 5.67.